The second-order valence-corrected chi connectivity index (χ2v) is 5.88. The van der Waals surface area contributed by atoms with Crippen molar-refractivity contribution in [1.29, 1.82) is 0 Å². The van der Waals surface area contributed by atoms with E-state index in [1.54, 1.807) is 12.1 Å². The molecule has 5 heteroatoms. The Morgan fingerprint density at radius 2 is 2.11 bits per heavy atom. The highest BCUT2D eigenvalue weighted by molar-refractivity contribution is 7.11. The maximum atomic E-state index is 12.9. The summed E-state index contributed by atoms with van der Waals surface area (Å²) in [6, 6.07) is 4.78. The van der Waals surface area contributed by atoms with Crippen LogP contribution in [0.1, 0.15) is 28.4 Å². The van der Waals surface area contributed by atoms with E-state index < -0.39 is 5.95 Å². The topological polar surface area (TPSA) is 37.8 Å². The van der Waals surface area contributed by atoms with Gasteiger partial charge in [0.1, 0.15) is 5.82 Å². The number of anilines is 1. The van der Waals surface area contributed by atoms with E-state index >= 15 is 0 Å². The normalized spacial score (nSPS) is 14.2. The molecule has 3 rings (SSSR count). The zero-order valence-corrected chi connectivity index (χ0v) is 11.5. The molecule has 0 amide bonds. The minimum Gasteiger partial charge on any atom is -0.370 e. The van der Waals surface area contributed by atoms with Crippen LogP contribution in [0.5, 0.6) is 0 Å². The maximum absolute atomic E-state index is 12.9. The Morgan fingerprint density at radius 1 is 1.21 bits per heavy atom. The van der Waals surface area contributed by atoms with Gasteiger partial charge in [-0.05, 0) is 37.8 Å². The lowest BCUT2D eigenvalue weighted by atomic mass is 10.0. The van der Waals surface area contributed by atoms with Crippen molar-refractivity contribution in [1.82, 2.24) is 9.97 Å². The zero-order valence-electron chi connectivity index (χ0n) is 10.7. The Kier molecular flexibility index (Phi) is 3.73. The van der Waals surface area contributed by atoms with Gasteiger partial charge in [-0.3, -0.25) is 0 Å². The zero-order chi connectivity index (χ0) is 13.1. The fourth-order valence-electron chi connectivity index (χ4n) is 2.32. The molecule has 0 fully saturated rings. The first kappa shape index (κ1) is 12.5. The van der Waals surface area contributed by atoms with Crippen molar-refractivity contribution in [2.75, 3.05) is 11.9 Å². The van der Waals surface area contributed by atoms with Crippen LogP contribution in [0.2, 0.25) is 0 Å². The molecular weight excluding hydrogens is 261 g/mol. The summed E-state index contributed by atoms with van der Waals surface area (Å²) in [7, 11) is 0. The molecule has 2 aromatic heterocycles. The molecule has 2 heterocycles. The van der Waals surface area contributed by atoms with E-state index in [2.05, 4.69) is 15.3 Å². The van der Waals surface area contributed by atoms with Crippen LogP contribution < -0.4 is 5.32 Å². The predicted molar refractivity (Wildman–Crippen MR) is 75.1 cm³/mol. The van der Waals surface area contributed by atoms with Crippen molar-refractivity contribution in [3.8, 4) is 0 Å². The van der Waals surface area contributed by atoms with E-state index in [0.29, 0.717) is 5.82 Å². The number of pyridine rings is 1. The van der Waals surface area contributed by atoms with Gasteiger partial charge in [-0.2, -0.15) is 4.39 Å². The molecule has 2 aromatic rings. The van der Waals surface area contributed by atoms with Crippen LogP contribution in [0.4, 0.5) is 10.2 Å². The average molecular weight is 277 g/mol. The third-order valence-corrected chi connectivity index (χ3v) is 4.47. The van der Waals surface area contributed by atoms with Crippen molar-refractivity contribution in [2.45, 2.75) is 32.1 Å². The van der Waals surface area contributed by atoms with Gasteiger partial charge in [0, 0.05) is 17.8 Å². The number of aromatic nitrogens is 2. The average Bonchev–Trinajstić information content (AvgIpc) is 2.81. The van der Waals surface area contributed by atoms with Gasteiger partial charge < -0.3 is 5.32 Å². The molecular formula is C14H16FN3S. The standard InChI is InChI=1S/C14H16FN3S/c15-12-6-3-7-13(18-12)16-9-8-14-17-10-4-1-2-5-11(10)19-14/h3,6-7H,1-2,4-5,8-9H2,(H,16,18). The molecule has 1 aliphatic carbocycles. The van der Waals surface area contributed by atoms with Gasteiger partial charge >= 0.3 is 0 Å². The Labute approximate surface area is 115 Å². The highest BCUT2D eigenvalue weighted by Crippen LogP contribution is 2.26. The van der Waals surface area contributed by atoms with E-state index in [1.165, 1.54) is 40.9 Å². The molecule has 1 N–H and O–H groups in total. The fourth-order valence-corrected chi connectivity index (χ4v) is 3.47. The Balaban J connectivity index is 1.56. The van der Waals surface area contributed by atoms with Gasteiger partial charge in [-0.25, -0.2) is 9.97 Å². The predicted octanol–water partition coefficient (Wildman–Crippen LogP) is 3.21. The minimum atomic E-state index is -0.449. The number of nitrogens with zero attached hydrogens (tertiary/aromatic N) is 2. The number of fused-ring (bicyclic) bond motifs is 1. The second kappa shape index (κ2) is 5.65. The molecule has 0 radical (unpaired) electrons. The molecule has 0 aliphatic heterocycles. The largest absolute Gasteiger partial charge is 0.370 e. The monoisotopic (exact) mass is 277 g/mol. The van der Waals surface area contributed by atoms with Gasteiger partial charge in [0.05, 0.1) is 10.7 Å². The number of thiazole rings is 1. The first-order valence-electron chi connectivity index (χ1n) is 6.65. The molecule has 0 spiro atoms. The maximum Gasteiger partial charge on any atom is 0.214 e. The first-order valence-corrected chi connectivity index (χ1v) is 7.47. The lowest BCUT2D eigenvalue weighted by Gasteiger charge is -2.06. The van der Waals surface area contributed by atoms with E-state index in [9.17, 15) is 4.39 Å². The number of hydrogen-bond donors (Lipinski definition) is 1. The van der Waals surface area contributed by atoms with Gasteiger partial charge in [0.2, 0.25) is 5.95 Å². The van der Waals surface area contributed by atoms with Gasteiger partial charge in [-0.15, -0.1) is 11.3 Å². The third kappa shape index (κ3) is 3.10. The van der Waals surface area contributed by atoms with E-state index in [4.69, 9.17) is 0 Å². The smallest absolute Gasteiger partial charge is 0.214 e. The van der Waals surface area contributed by atoms with Crippen LogP contribution in [0.25, 0.3) is 0 Å². The molecule has 3 nitrogen and oxygen atoms in total. The van der Waals surface area contributed by atoms with Gasteiger partial charge in [0.15, 0.2) is 0 Å². The first-order chi connectivity index (χ1) is 9.31. The quantitative estimate of drug-likeness (QED) is 0.872. The van der Waals surface area contributed by atoms with Crippen LogP contribution in [-0.4, -0.2) is 16.5 Å². The molecule has 0 bridgehead atoms. The molecule has 0 atom stereocenters. The summed E-state index contributed by atoms with van der Waals surface area (Å²) in [5, 5.41) is 4.31. The summed E-state index contributed by atoms with van der Waals surface area (Å²) in [5.41, 5.74) is 1.30. The number of nitrogens with one attached hydrogen (secondary N) is 1. The van der Waals surface area contributed by atoms with Crippen LogP contribution in [0.15, 0.2) is 18.2 Å². The highest BCUT2D eigenvalue weighted by Gasteiger charge is 2.14. The summed E-state index contributed by atoms with van der Waals surface area (Å²) in [4.78, 5) is 9.92. The van der Waals surface area contributed by atoms with Crippen molar-refractivity contribution in [3.05, 3.63) is 39.7 Å². The summed E-state index contributed by atoms with van der Waals surface area (Å²) < 4.78 is 12.9. The highest BCUT2D eigenvalue weighted by atomic mass is 32.1. The SMILES string of the molecule is Fc1cccc(NCCc2nc3c(s2)CCCC3)n1. The molecule has 0 unspecified atom stereocenters. The van der Waals surface area contributed by atoms with Crippen LogP contribution in [-0.2, 0) is 19.3 Å². The molecule has 19 heavy (non-hydrogen) atoms. The van der Waals surface area contributed by atoms with E-state index in [-0.39, 0.29) is 0 Å². The molecule has 100 valence electrons. The lowest BCUT2D eigenvalue weighted by molar-refractivity contribution is 0.585. The van der Waals surface area contributed by atoms with Gasteiger partial charge in [0.25, 0.3) is 0 Å². The van der Waals surface area contributed by atoms with Crippen molar-refractivity contribution in [3.63, 3.8) is 0 Å². The fraction of sp³-hybridized carbons (Fsp3) is 0.429. The third-order valence-electron chi connectivity index (χ3n) is 3.25. The minimum absolute atomic E-state index is 0.449. The van der Waals surface area contributed by atoms with Crippen molar-refractivity contribution < 1.29 is 4.39 Å². The van der Waals surface area contributed by atoms with Crippen LogP contribution in [0.3, 0.4) is 0 Å². The summed E-state index contributed by atoms with van der Waals surface area (Å²) in [5.74, 6) is 0.135. The molecule has 1 aliphatic rings. The van der Waals surface area contributed by atoms with Crippen LogP contribution in [0, 0.1) is 5.95 Å². The van der Waals surface area contributed by atoms with Gasteiger partial charge in [-0.1, -0.05) is 6.07 Å². The Bertz CT molecular complexity index is 544. The van der Waals surface area contributed by atoms with E-state index in [0.717, 1.165) is 19.4 Å². The van der Waals surface area contributed by atoms with Crippen LogP contribution >= 0.6 is 11.3 Å². The molecule has 0 saturated heterocycles. The van der Waals surface area contributed by atoms with Crippen molar-refractivity contribution >= 4 is 17.2 Å². The Hall–Kier alpha value is -1.49. The van der Waals surface area contributed by atoms with E-state index in [1.807, 2.05) is 11.3 Å². The Morgan fingerprint density at radius 3 is 2.95 bits per heavy atom. The molecule has 0 aromatic carbocycles. The van der Waals surface area contributed by atoms with Crippen molar-refractivity contribution in [2.24, 2.45) is 0 Å². The summed E-state index contributed by atoms with van der Waals surface area (Å²) in [6.45, 7) is 0.739. The second-order valence-electron chi connectivity index (χ2n) is 4.71. The lowest BCUT2D eigenvalue weighted by Crippen LogP contribution is -2.06. The summed E-state index contributed by atoms with van der Waals surface area (Å²) >= 11 is 1.83. The molecule has 0 saturated carbocycles. The number of aryl methyl sites for hydroxylation is 2. The number of rotatable bonds is 4. The number of halogens is 1. The number of hydrogen-bond acceptors (Lipinski definition) is 4. The summed E-state index contributed by atoms with van der Waals surface area (Å²) in [6.07, 6.45) is 5.74.